The van der Waals surface area contributed by atoms with Crippen LogP contribution in [0.2, 0.25) is 0 Å². The van der Waals surface area contributed by atoms with Gasteiger partial charge in [0.2, 0.25) is 5.95 Å². The van der Waals surface area contributed by atoms with Crippen LogP contribution >= 0.6 is 0 Å². The van der Waals surface area contributed by atoms with Gasteiger partial charge < -0.3 is 8.98 Å². The minimum atomic E-state index is -0.488. The Morgan fingerprint density at radius 2 is 1.04 bits per heavy atom. The van der Waals surface area contributed by atoms with Gasteiger partial charge in [0, 0.05) is 43.4 Å². The third-order valence-electron chi connectivity index (χ3n) is 9.67. The molecule has 0 fully saturated rings. The number of aromatic nitrogens is 5. The fourth-order valence-electron chi connectivity index (χ4n) is 7.52. The van der Waals surface area contributed by atoms with Gasteiger partial charge in [0.25, 0.3) is 0 Å². The molecule has 0 spiro atoms. The van der Waals surface area contributed by atoms with E-state index in [1.54, 1.807) is 0 Å². The molecule has 238 valence electrons. The number of rotatable bonds is 4. The molecule has 0 aliphatic heterocycles. The van der Waals surface area contributed by atoms with Crippen molar-refractivity contribution in [3.8, 4) is 34.4 Å². The van der Waals surface area contributed by atoms with Crippen LogP contribution in [0.25, 0.3) is 100.0 Å². The van der Waals surface area contributed by atoms with Crippen LogP contribution in [0.1, 0.15) is 6.85 Å². The van der Waals surface area contributed by atoms with Crippen LogP contribution in [0.4, 0.5) is 0 Å². The molecule has 0 aliphatic rings. The van der Waals surface area contributed by atoms with Gasteiger partial charge in [-0.05, 0) is 24.3 Å². The number of furan rings is 1. The third-order valence-corrected chi connectivity index (χ3v) is 9.67. The summed E-state index contributed by atoms with van der Waals surface area (Å²) in [6.45, 7) is 0. The molecule has 7 aromatic carbocycles. The molecule has 6 nitrogen and oxygen atoms in total. The molecule has 4 aromatic heterocycles. The van der Waals surface area contributed by atoms with Gasteiger partial charge in [-0.3, -0.25) is 4.57 Å². The Morgan fingerprint density at radius 1 is 0.451 bits per heavy atom. The Kier molecular flexibility index (Phi) is 4.91. The maximum Gasteiger partial charge on any atom is 0.238 e. The van der Waals surface area contributed by atoms with Crippen molar-refractivity contribution in [2.75, 3.05) is 0 Å². The molecule has 0 N–H and O–H groups in total. The predicted octanol–water partition coefficient (Wildman–Crippen LogP) is 11.3. The van der Waals surface area contributed by atoms with E-state index in [1.807, 2.05) is 83.4 Å². The lowest BCUT2D eigenvalue weighted by molar-refractivity contribution is 0.666. The van der Waals surface area contributed by atoms with Crippen molar-refractivity contribution in [1.82, 2.24) is 24.1 Å². The minimum Gasteiger partial charge on any atom is -0.454 e. The van der Waals surface area contributed by atoms with Crippen LogP contribution in [-0.2, 0) is 0 Å². The number of para-hydroxylation sites is 4. The summed E-state index contributed by atoms with van der Waals surface area (Å²) in [6.07, 6.45) is 0. The van der Waals surface area contributed by atoms with Gasteiger partial charge >= 0.3 is 0 Å². The summed E-state index contributed by atoms with van der Waals surface area (Å²) >= 11 is 0. The first-order chi connectivity index (χ1) is 27.4. The zero-order valence-electron chi connectivity index (χ0n) is 31.8. The quantitative estimate of drug-likeness (QED) is 0.189. The molecule has 0 aliphatic carbocycles. The van der Waals surface area contributed by atoms with Crippen LogP contribution in [0.5, 0.6) is 0 Å². The van der Waals surface area contributed by atoms with E-state index >= 15 is 0 Å². The standard InChI is InChI=1S/C45H27N5O/c1-3-14-28(15-4-1)43-46-44(29-16-5-2-6-17-29)48-45(47-43)50-37-23-11-8-19-31(37)34-27-26-33-30-18-7-10-22-36(30)49(40(33)41(34)50)38-24-13-21-35-32-20-9-12-25-39(32)51-42(35)38/h1-27H/i1D,3D,4D,14D,15D. The summed E-state index contributed by atoms with van der Waals surface area (Å²) in [4.78, 5) is 14.9. The van der Waals surface area contributed by atoms with E-state index in [0.717, 1.165) is 71.2 Å². The number of nitrogens with zero attached hydrogens (tertiary/aromatic N) is 5. The SMILES string of the molecule is [2H]c1c([2H])c([2H])c(-c2nc(-c3ccccc3)nc(-n3c4ccccc4c4ccc5c6ccccc6n(-c6cccc7c6oc6ccccc67)c5c43)n2)c([2H])c1[2H]. The molecule has 6 heteroatoms. The van der Waals surface area contributed by atoms with Gasteiger partial charge in [-0.25, -0.2) is 4.98 Å². The first-order valence-electron chi connectivity index (χ1n) is 19.1. The molecule has 4 heterocycles. The zero-order valence-corrected chi connectivity index (χ0v) is 26.8. The van der Waals surface area contributed by atoms with Crippen LogP contribution in [0, 0.1) is 0 Å². The fourth-order valence-corrected chi connectivity index (χ4v) is 7.52. The normalized spacial score (nSPS) is 13.3. The second kappa shape index (κ2) is 10.7. The Hall–Kier alpha value is -7.05. The average Bonchev–Trinajstić information content (AvgIpc) is 3.90. The Balaban J connectivity index is 1.33. The molecular formula is C45H27N5O. The Morgan fingerprint density at radius 3 is 1.78 bits per heavy atom. The van der Waals surface area contributed by atoms with Gasteiger partial charge in [0.15, 0.2) is 17.2 Å². The van der Waals surface area contributed by atoms with Crippen molar-refractivity contribution in [2.45, 2.75) is 0 Å². The van der Waals surface area contributed by atoms with Gasteiger partial charge in [0.1, 0.15) is 5.58 Å². The topological polar surface area (TPSA) is 61.7 Å². The van der Waals surface area contributed by atoms with Crippen molar-refractivity contribution >= 4 is 65.6 Å². The lowest BCUT2D eigenvalue weighted by Gasteiger charge is -2.13. The molecule has 0 saturated heterocycles. The summed E-state index contributed by atoms with van der Waals surface area (Å²) in [7, 11) is 0. The summed E-state index contributed by atoms with van der Waals surface area (Å²) in [5.74, 6) is 0.498. The van der Waals surface area contributed by atoms with E-state index in [4.69, 9.17) is 26.2 Å². The number of benzene rings is 7. The molecular weight excluding hydrogens is 627 g/mol. The van der Waals surface area contributed by atoms with Crippen LogP contribution < -0.4 is 0 Å². The molecule has 11 rings (SSSR count). The second-order valence-corrected chi connectivity index (χ2v) is 12.5. The molecule has 0 saturated carbocycles. The summed E-state index contributed by atoms with van der Waals surface area (Å²) in [5, 5.41) is 6.02. The monoisotopic (exact) mass is 658 g/mol. The van der Waals surface area contributed by atoms with Crippen LogP contribution in [0.15, 0.2) is 168 Å². The molecule has 51 heavy (non-hydrogen) atoms. The van der Waals surface area contributed by atoms with E-state index in [1.165, 1.54) is 0 Å². The summed E-state index contributed by atoms with van der Waals surface area (Å²) in [5.41, 5.74) is 6.54. The van der Waals surface area contributed by atoms with Gasteiger partial charge in [-0.1, -0.05) is 139 Å². The fraction of sp³-hybridized carbons (Fsp3) is 0. The first-order valence-corrected chi connectivity index (χ1v) is 16.6. The van der Waals surface area contributed by atoms with Crippen molar-refractivity contribution in [2.24, 2.45) is 0 Å². The highest BCUT2D eigenvalue weighted by Crippen LogP contribution is 2.43. The summed E-state index contributed by atoms with van der Waals surface area (Å²) in [6, 6.07) is 42.1. The second-order valence-electron chi connectivity index (χ2n) is 12.5. The molecule has 0 atom stereocenters. The molecule has 0 amide bonds. The lowest BCUT2D eigenvalue weighted by atomic mass is 10.1. The molecule has 0 bridgehead atoms. The summed E-state index contributed by atoms with van der Waals surface area (Å²) < 4.78 is 53.8. The predicted molar refractivity (Wildman–Crippen MR) is 207 cm³/mol. The van der Waals surface area contributed by atoms with Crippen LogP contribution in [-0.4, -0.2) is 24.1 Å². The van der Waals surface area contributed by atoms with E-state index in [-0.39, 0.29) is 17.3 Å². The van der Waals surface area contributed by atoms with Crippen molar-refractivity contribution in [3.05, 3.63) is 164 Å². The number of hydrogen-bond acceptors (Lipinski definition) is 4. The third kappa shape index (κ3) is 4.07. The Bertz CT molecular complexity index is 3410. The highest BCUT2D eigenvalue weighted by Gasteiger charge is 2.24. The highest BCUT2D eigenvalue weighted by atomic mass is 16.3. The molecule has 0 unspecified atom stereocenters. The van der Waals surface area contributed by atoms with Crippen molar-refractivity contribution in [1.29, 1.82) is 0 Å². The van der Waals surface area contributed by atoms with Crippen molar-refractivity contribution < 1.29 is 11.3 Å². The van der Waals surface area contributed by atoms with Gasteiger partial charge in [-0.15, -0.1) is 0 Å². The Labute approximate surface area is 298 Å². The molecule has 11 aromatic rings. The van der Waals surface area contributed by atoms with E-state index < -0.39 is 30.2 Å². The van der Waals surface area contributed by atoms with Gasteiger partial charge in [0.05, 0.1) is 34.6 Å². The van der Waals surface area contributed by atoms with Gasteiger partial charge in [-0.2, -0.15) is 9.97 Å². The first kappa shape index (κ1) is 23.3. The average molecular weight is 659 g/mol. The molecule has 0 radical (unpaired) electrons. The zero-order chi connectivity index (χ0) is 37.8. The van der Waals surface area contributed by atoms with E-state index in [0.29, 0.717) is 11.4 Å². The maximum atomic E-state index is 8.86. The minimum absolute atomic E-state index is 0.0310. The van der Waals surface area contributed by atoms with Crippen molar-refractivity contribution in [3.63, 3.8) is 0 Å². The number of fused-ring (bicyclic) bond motifs is 10. The largest absolute Gasteiger partial charge is 0.454 e. The highest BCUT2D eigenvalue weighted by molar-refractivity contribution is 6.24. The van der Waals surface area contributed by atoms with Crippen LogP contribution in [0.3, 0.4) is 0 Å². The maximum absolute atomic E-state index is 8.86. The van der Waals surface area contributed by atoms with E-state index in [2.05, 4.69) is 59.2 Å². The smallest absolute Gasteiger partial charge is 0.238 e. The number of hydrogen-bond donors (Lipinski definition) is 0. The van der Waals surface area contributed by atoms with E-state index in [9.17, 15) is 0 Å². The lowest BCUT2D eigenvalue weighted by Crippen LogP contribution is -2.07.